The average Bonchev–Trinajstić information content (AvgIpc) is 2.19. The van der Waals surface area contributed by atoms with Gasteiger partial charge in [-0.25, -0.2) is 0 Å². The van der Waals surface area contributed by atoms with Gasteiger partial charge in [0, 0.05) is 12.8 Å². The number of hydrogen-bond acceptors (Lipinski definition) is 2. The van der Waals surface area contributed by atoms with Gasteiger partial charge in [-0.15, -0.1) is 0 Å². The van der Waals surface area contributed by atoms with E-state index >= 15 is 0 Å². The molecule has 0 heterocycles. The maximum Gasteiger partial charge on any atom is 0.0409 e. The zero-order valence-corrected chi connectivity index (χ0v) is 8.97. The highest BCUT2D eigenvalue weighted by atomic mass is 15.3. The van der Waals surface area contributed by atoms with Crippen molar-refractivity contribution in [1.29, 1.82) is 0 Å². The molecule has 0 bridgehead atoms. The van der Waals surface area contributed by atoms with Gasteiger partial charge in [-0.05, 0) is 25.2 Å². The third-order valence-corrected chi connectivity index (χ3v) is 2.84. The minimum absolute atomic E-state index is 0.779. The molecule has 2 heteroatoms. The summed E-state index contributed by atoms with van der Waals surface area (Å²) in [6.07, 6.45) is 9.34. The highest BCUT2D eigenvalue weighted by Gasteiger charge is 2.18. The van der Waals surface area contributed by atoms with E-state index in [0.29, 0.717) is 0 Å². The molecule has 1 saturated carbocycles. The number of nitrogens with one attached hydrogen (secondary N) is 1. The van der Waals surface area contributed by atoms with Crippen LogP contribution in [0.4, 0.5) is 0 Å². The van der Waals surface area contributed by atoms with Crippen LogP contribution in [0, 0.1) is 5.92 Å². The molecule has 0 aliphatic heterocycles. The molecule has 0 aromatic carbocycles. The molecule has 1 rings (SSSR count). The Balaban J connectivity index is 2.46. The lowest BCUT2D eigenvalue weighted by molar-refractivity contribution is 0.433. The summed E-state index contributed by atoms with van der Waals surface area (Å²) in [5.41, 5.74) is 4.34. The molecular weight excluding hydrogens is 160 g/mol. The average molecular weight is 182 g/mol. The molecule has 13 heavy (non-hydrogen) atoms. The first-order chi connectivity index (χ1) is 6.38. The van der Waals surface area contributed by atoms with Crippen LogP contribution >= 0.6 is 0 Å². The molecule has 0 saturated heterocycles. The molecule has 0 unspecified atom stereocenters. The molecule has 76 valence electrons. The topological polar surface area (TPSA) is 24.4 Å². The SMILES string of the molecule is CCC/C(=N\NC)C1CCCCC1. The van der Waals surface area contributed by atoms with Crippen molar-refractivity contribution in [3.63, 3.8) is 0 Å². The quantitative estimate of drug-likeness (QED) is 0.524. The zero-order valence-electron chi connectivity index (χ0n) is 8.97. The standard InChI is InChI=1S/C11H22N2/c1-3-7-11(13-12-2)10-8-5-4-6-9-10/h10,12H,3-9H2,1-2H3/b13-11+. The Morgan fingerprint density at radius 2 is 2.00 bits per heavy atom. The summed E-state index contributed by atoms with van der Waals surface area (Å²) in [6, 6.07) is 0. The van der Waals surface area contributed by atoms with E-state index in [1.165, 1.54) is 50.7 Å². The van der Waals surface area contributed by atoms with Gasteiger partial charge in [-0.2, -0.15) is 5.10 Å². The Bertz CT molecular complexity index is 157. The molecule has 0 aromatic rings. The van der Waals surface area contributed by atoms with Gasteiger partial charge in [0.05, 0.1) is 0 Å². The summed E-state index contributed by atoms with van der Waals surface area (Å²) in [7, 11) is 1.90. The third-order valence-electron chi connectivity index (χ3n) is 2.84. The maximum absolute atomic E-state index is 4.40. The summed E-state index contributed by atoms with van der Waals surface area (Å²) in [6.45, 7) is 2.23. The molecule has 0 aromatic heterocycles. The minimum Gasteiger partial charge on any atom is -0.313 e. The van der Waals surface area contributed by atoms with Crippen LogP contribution in [0.15, 0.2) is 5.10 Å². The first-order valence-electron chi connectivity index (χ1n) is 5.61. The fraction of sp³-hybridized carbons (Fsp3) is 0.909. The summed E-state index contributed by atoms with van der Waals surface area (Å²) < 4.78 is 0. The summed E-state index contributed by atoms with van der Waals surface area (Å²) in [5.74, 6) is 0.779. The molecule has 2 nitrogen and oxygen atoms in total. The lowest BCUT2D eigenvalue weighted by Gasteiger charge is -2.22. The van der Waals surface area contributed by atoms with Crippen LogP contribution < -0.4 is 5.43 Å². The third kappa shape index (κ3) is 3.37. The van der Waals surface area contributed by atoms with Gasteiger partial charge in [0.25, 0.3) is 0 Å². The second kappa shape index (κ2) is 6.01. The van der Waals surface area contributed by atoms with Gasteiger partial charge in [0.1, 0.15) is 0 Å². The monoisotopic (exact) mass is 182 g/mol. The summed E-state index contributed by atoms with van der Waals surface area (Å²) in [5, 5.41) is 4.40. The van der Waals surface area contributed by atoms with E-state index in [0.717, 1.165) is 5.92 Å². The summed E-state index contributed by atoms with van der Waals surface area (Å²) in [4.78, 5) is 0. The molecular formula is C11H22N2. The first-order valence-corrected chi connectivity index (χ1v) is 5.61. The van der Waals surface area contributed by atoms with Gasteiger partial charge in [0.15, 0.2) is 0 Å². The van der Waals surface area contributed by atoms with Crippen molar-refractivity contribution < 1.29 is 0 Å². The first kappa shape index (κ1) is 10.6. The smallest absolute Gasteiger partial charge is 0.0409 e. The highest BCUT2D eigenvalue weighted by Crippen LogP contribution is 2.26. The van der Waals surface area contributed by atoms with Crippen molar-refractivity contribution in [3.05, 3.63) is 0 Å². The van der Waals surface area contributed by atoms with Crippen LogP contribution in [0.25, 0.3) is 0 Å². The van der Waals surface area contributed by atoms with E-state index in [1.807, 2.05) is 7.05 Å². The highest BCUT2D eigenvalue weighted by molar-refractivity contribution is 5.86. The molecule has 1 aliphatic carbocycles. The van der Waals surface area contributed by atoms with Crippen LogP contribution in [0.3, 0.4) is 0 Å². The van der Waals surface area contributed by atoms with Crippen LogP contribution in [0.2, 0.25) is 0 Å². The van der Waals surface area contributed by atoms with E-state index in [-0.39, 0.29) is 0 Å². The Hall–Kier alpha value is -0.530. The van der Waals surface area contributed by atoms with Gasteiger partial charge >= 0.3 is 0 Å². The van der Waals surface area contributed by atoms with E-state index in [9.17, 15) is 0 Å². The Kier molecular flexibility index (Phi) is 4.87. The lowest BCUT2D eigenvalue weighted by atomic mass is 9.84. The molecule has 1 N–H and O–H groups in total. The van der Waals surface area contributed by atoms with Crippen LogP contribution in [-0.2, 0) is 0 Å². The van der Waals surface area contributed by atoms with Gasteiger partial charge in [-0.3, -0.25) is 0 Å². The van der Waals surface area contributed by atoms with Gasteiger partial charge in [0.2, 0.25) is 0 Å². The number of hydrazone groups is 1. The molecule has 0 amide bonds. The second-order valence-corrected chi connectivity index (χ2v) is 3.91. The normalized spacial score (nSPS) is 20.3. The van der Waals surface area contributed by atoms with Crippen molar-refractivity contribution in [2.24, 2.45) is 11.0 Å². The Morgan fingerprint density at radius 1 is 1.31 bits per heavy atom. The van der Waals surface area contributed by atoms with E-state index < -0.39 is 0 Å². The van der Waals surface area contributed by atoms with Crippen molar-refractivity contribution >= 4 is 5.71 Å². The van der Waals surface area contributed by atoms with E-state index in [1.54, 1.807) is 0 Å². The van der Waals surface area contributed by atoms with E-state index in [2.05, 4.69) is 17.5 Å². The molecule has 0 spiro atoms. The van der Waals surface area contributed by atoms with Crippen molar-refractivity contribution in [2.45, 2.75) is 51.9 Å². The van der Waals surface area contributed by atoms with Gasteiger partial charge in [-0.1, -0.05) is 32.6 Å². The predicted octanol–water partition coefficient (Wildman–Crippen LogP) is 2.94. The molecule has 0 atom stereocenters. The number of hydrogen-bond donors (Lipinski definition) is 1. The van der Waals surface area contributed by atoms with Crippen LogP contribution in [0.5, 0.6) is 0 Å². The van der Waals surface area contributed by atoms with E-state index in [4.69, 9.17) is 0 Å². The fourth-order valence-electron chi connectivity index (χ4n) is 2.19. The van der Waals surface area contributed by atoms with Crippen molar-refractivity contribution in [2.75, 3.05) is 7.05 Å². The van der Waals surface area contributed by atoms with Crippen LogP contribution in [-0.4, -0.2) is 12.8 Å². The lowest BCUT2D eigenvalue weighted by Crippen LogP contribution is -2.20. The predicted molar refractivity (Wildman–Crippen MR) is 58.0 cm³/mol. The van der Waals surface area contributed by atoms with Crippen molar-refractivity contribution in [1.82, 2.24) is 5.43 Å². The minimum atomic E-state index is 0.779. The molecule has 1 fully saturated rings. The van der Waals surface area contributed by atoms with Gasteiger partial charge < -0.3 is 5.43 Å². The fourth-order valence-corrected chi connectivity index (χ4v) is 2.19. The largest absolute Gasteiger partial charge is 0.313 e. The Labute approximate surface area is 81.8 Å². The zero-order chi connectivity index (χ0) is 9.52. The summed E-state index contributed by atoms with van der Waals surface area (Å²) >= 11 is 0. The molecule has 0 radical (unpaired) electrons. The molecule has 1 aliphatic rings. The Morgan fingerprint density at radius 3 is 2.54 bits per heavy atom. The second-order valence-electron chi connectivity index (χ2n) is 3.91. The maximum atomic E-state index is 4.40. The number of nitrogens with zero attached hydrogens (tertiary/aromatic N) is 1. The number of rotatable bonds is 4. The van der Waals surface area contributed by atoms with Crippen molar-refractivity contribution in [3.8, 4) is 0 Å². The van der Waals surface area contributed by atoms with Crippen LogP contribution in [0.1, 0.15) is 51.9 Å².